The van der Waals surface area contributed by atoms with Crippen LogP contribution in [0.2, 0.25) is 0 Å². The molecule has 0 aromatic heterocycles. The summed E-state index contributed by atoms with van der Waals surface area (Å²) < 4.78 is 0. The minimum absolute atomic E-state index is 0.00553. The molecule has 7 atom stereocenters. The molecule has 330 valence electrons. The molecule has 59 heavy (non-hydrogen) atoms. The Kier molecular flexibility index (Phi) is 20.4. The van der Waals surface area contributed by atoms with Crippen molar-refractivity contribution in [1.82, 2.24) is 25.8 Å². The number of guanidine groups is 2. The van der Waals surface area contributed by atoms with Crippen LogP contribution in [0, 0.1) is 11.8 Å². The number of nitrogens with one attached hydrogen (secondary N) is 3. The van der Waals surface area contributed by atoms with E-state index in [4.69, 9.17) is 28.7 Å². The lowest BCUT2D eigenvalue weighted by atomic mass is 9.95. The number of nitrogens with zero attached hydrogens (tertiary/aromatic N) is 4. The van der Waals surface area contributed by atoms with Crippen molar-refractivity contribution < 1.29 is 39.0 Å². The number of carboxylic acids is 1. The van der Waals surface area contributed by atoms with Crippen molar-refractivity contribution in [2.24, 2.45) is 50.5 Å². The highest BCUT2D eigenvalue weighted by Gasteiger charge is 2.42. The van der Waals surface area contributed by atoms with Crippen LogP contribution in [0.3, 0.4) is 0 Å². The maximum atomic E-state index is 14.5. The molecule has 20 heteroatoms. The molecule has 1 heterocycles. The number of carbonyl (C=O) groups is 6. The molecule has 0 bridgehead atoms. The molecule has 5 amide bonds. The highest BCUT2D eigenvalue weighted by Crippen LogP contribution is 2.24. The summed E-state index contributed by atoms with van der Waals surface area (Å²) in [6.07, 6.45) is 2.41. The number of aromatic hydroxyl groups is 1. The van der Waals surface area contributed by atoms with E-state index in [0.717, 1.165) is 0 Å². The van der Waals surface area contributed by atoms with Crippen molar-refractivity contribution in [2.45, 2.75) is 122 Å². The van der Waals surface area contributed by atoms with Crippen molar-refractivity contribution in [1.29, 1.82) is 0 Å². The lowest BCUT2D eigenvalue weighted by molar-refractivity contribution is -0.148. The maximum absolute atomic E-state index is 14.5. The van der Waals surface area contributed by atoms with Crippen molar-refractivity contribution in [3.8, 4) is 5.75 Å². The molecule has 0 spiro atoms. The van der Waals surface area contributed by atoms with E-state index in [-0.39, 0.29) is 75.3 Å². The summed E-state index contributed by atoms with van der Waals surface area (Å²) in [5.74, 6) is -4.91. The van der Waals surface area contributed by atoms with Gasteiger partial charge < -0.3 is 64.6 Å². The molecule has 1 saturated heterocycles. The van der Waals surface area contributed by atoms with Crippen molar-refractivity contribution >= 4 is 47.4 Å². The average Bonchev–Trinajstić information content (AvgIpc) is 3.67. The van der Waals surface area contributed by atoms with Gasteiger partial charge in [0, 0.05) is 33.1 Å². The van der Waals surface area contributed by atoms with E-state index in [1.807, 2.05) is 20.8 Å². The Morgan fingerprint density at radius 2 is 1.44 bits per heavy atom. The maximum Gasteiger partial charge on any atom is 0.326 e. The third-order valence-corrected chi connectivity index (χ3v) is 10.3. The summed E-state index contributed by atoms with van der Waals surface area (Å²) in [7, 11) is 1.44. The van der Waals surface area contributed by atoms with Gasteiger partial charge in [-0.15, -0.1) is 0 Å². The molecule has 1 aliphatic heterocycles. The van der Waals surface area contributed by atoms with Crippen molar-refractivity contribution in [3.05, 3.63) is 29.8 Å². The predicted molar refractivity (Wildman–Crippen MR) is 223 cm³/mol. The predicted octanol–water partition coefficient (Wildman–Crippen LogP) is -1.18. The lowest BCUT2D eigenvalue weighted by Crippen LogP contribution is -2.60. The number of nitrogens with two attached hydrogens (primary N) is 5. The van der Waals surface area contributed by atoms with E-state index in [1.165, 1.54) is 29.0 Å². The Balaban J connectivity index is 2.42. The summed E-state index contributed by atoms with van der Waals surface area (Å²) in [4.78, 5) is 92.3. The first-order valence-corrected chi connectivity index (χ1v) is 20.1. The van der Waals surface area contributed by atoms with Gasteiger partial charge >= 0.3 is 5.97 Å². The van der Waals surface area contributed by atoms with E-state index < -0.39 is 77.7 Å². The zero-order valence-electron chi connectivity index (χ0n) is 34.9. The summed E-state index contributed by atoms with van der Waals surface area (Å²) in [6, 6.07) is -0.518. The fraction of sp³-hybridized carbons (Fsp3) is 0.641. The number of rotatable bonds is 24. The second-order valence-corrected chi connectivity index (χ2v) is 15.5. The number of likely N-dealkylation sites (N-methyl/N-ethyl adjacent to an activating group) is 1. The van der Waals surface area contributed by atoms with Crippen LogP contribution in [-0.2, 0) is 35.2 Å². The fourth-order valence-corrected chi connectivity index (χ4v) is 6.73. The van der Waals surface area contributed by atoms with E-state index in [9.17, 15) is 39.0 Å². The number of likely N-dealkylation sites (tertiary alicyclic amines) is 1. The zero-order chi connectivity index (χ0) is 44.4. The number of aliphatic carboxylic acids is 1. The zero-order valence-corrected chi connectivity index (χ0v) is 34.9. The van der Waals surface area contributed by atoms with Crippen LogP contribution in [0.5, 0.6) is 5.75 Å². The standard InChI is InChI=1S/C39H66N12O8/c1-6-23(4)31(34(55)48-28(37(58)59)20-22(2)3)49-33(54)30(21-24-13-15-25(52)16-14-24)50(5)36(57)29-12-9-19-51(29)35(56)27(11-8-18-46-39(43)44)47-32(53)26(40)10-7-17-45-38(41)42/h13-16,22-23,26-31,52H,6-12,17-21,40H2,1-5H3,(H,47,53)(H,48,55)(H,49,54)(H,58,59)(H4,41,42,45)(H4,43,44,46)/t23-,26+,27+,28+,29+,30+,31+/m1/s1. The van der Waals surface area contributed by atoms with Crippen LogP contribution < -0.4 is 44.6 Å². The Labute approximate surface area is 346 Å². The third-order valence-electron chi connectivity index (χ3n) is 10.3. The van der Waals surface area contributed by atoms with Gasteiger partial charge in [-0.1, -0.05) is 46.2 Å². The van der Waals surface area contributed by atoms with Crippen molar-refractivity contribution in [2.75, 3.05) is 26.7 Å². The average molecular weight is 831 g/mol. The first kappa shape index (κ1) is 49.5. The number of benzene rings is 1. The van der Waals surface area contributed by atoms with E-state index in [0.29, 0.717) is 31.2 Å². The van der Waals surface area contributed by atoms with Crippen LogP contribution in [0.25, 0.3) is 0 Å². The Bertz CT molecular complexity index is 1630. The fourth-order valence-electron chi connectivity index (χ4n) is 6.73. The minimum Gasteiger partial charge on any atom is -0.508 e. The van der Waals surface area contributed by atoms with Crippen LogP contribution >= 0.6 is 0 Å². The van der Waals surface area contributed by atoms with Gasteiger partial charge in [-0.2, -0.15) is 0 Å². The van der Waals surface area contributed by atoms with Gasteiger partial charge in [0.2, 0.25) is 29.5 Å². The molecule has 1 aromatic rings. The molecular formula is C39H66N12O8. The molecule has 20 nitrogen and oxygen atoms in total. The van der Waals surface area contributed by atoms with Crippen LogP contribution in [0.15, 0.2) is 34.3 Å². The van der Waals surface area contributed by atoms with Gasteiger partial charge in [0.05, 0.1) is 6.04 Å². The number of hydrogen-bond donors (Lipinski definition) is 10. The monoisotopic (exact) mass is 831 g/mol. The van der Waals surface area contributed by atoms with E-state index >= 15 is 0 Å². The number of aliphatic imine (C=N–C) groups is 2. The molecule has 1 aliphatic rings. The van der Waals surface area contributed by atoms with Crippen LogP contribution in [-0.4, -0.2) is 130 Å². The molecule has 0 radical (unpaired) electrons. The Hall–Kier alpha value is -5.66. The number of amides is 5. The molecular weight excluding hydrogens is 765 g/mol. The molecule has 0 saturated carbocycles. The molecule has 0 unspecified atom stereocenters. The topological polar surface area (TPSA) is 340 Å². The van der Waals surface area contributed by atoms with Crippen LogP contribution in [0.4, 0.5) is 0 Å². The second kappa shape index (κ2) is 24.3. The van der Waals surface area contributed by atoms with Gasteiger partial charge in [0.15, 0.2) is 11.9 Å². The summed E-state index contributed by atoms with van der Waals surface area (Å²) >= 11 is 0. The van der Waals surface area contributed by atoms with E-state index in [2.05, 4.69) is 25.9 Å². The lowest BCUT2D eigenvalue weighted by Gasteiger charge is -2.35. The molecule has 15 N–H and O–H groups in total. The normalized spacial score (nSPS) is 16.7. The number of hydrogen-bond acceptors (Lipinski definition) is 10. The van der Waals surface area contributed by atoms with Gasteiger partial charge in [-0.3, -0.25) is 34.0 Å². The first-order chi connectivity index (χ1) is 27.8. The molecule has 2 rings (SSSR count). The number of phenolic OH excluding ortho intramolecular Hbond substituents is 1. The molecule has 0 aliphatic carbocycles. The highest BCUT2D eigenvalue weighted by molar-refractivity contribution is 5.96. The first-order valence-electron chi connectivity index (χ1n) is 20.1. The quantitative estimate of drug-likeness (QED) is 0.0334. The smallest absolute Gasteiger partial charge is 0.326 e. The van der Waals surface area contributed by atoms with Gasteiger partial charge in [0.25, 0.3) is 0 Å². The van der Waals surface area contributed by atoms with Gasteiger partial charge in [-0.25, -0.2) is 4.79 Å². The Morgan fingerprint density at radius 3 is 1.98 bits per heavy atom. The van der Waals surface area contributed by atoms with Gasteiger partial charge in [0.1, 0.15) is 36.0 Å². The van der Waals surface area contributed by atoms with E-state index in [1.54, 1.807) is 19.1 Å². The third kappa shape index (κ3) is 16.3. The largest absolute Gasteiger partial charge is 0.508 e. The molecule has 1 aromatic carbocycles. The number of phenols is 1. The van der Waals surface area contributed by atoms with Crippen molar-refractivity contribution in [3.63, 3.8) is 0 Å². The summed E-state index contributed by atoms with van der Waals surface area (Å²) in [5, 5.41) is 27.8. The SMILES string of the molecule is CC[C@@H](C)[C@H](NC(=O)[C@H](Cc1ccc(O)cc1)N(C)C(=O)[C@@H]1CCCN1C(=O)[C@H](CCCN=C(N)N)NC(=O)[C@@H](N)CCCN=C(N)N)C(=O)N[C@@H](CC(C)C)C(=O)O. The van der Waals surface area contributed by atoms with Crippen LogP contribution in [0.1, 0.15) is 84.6 Å². The second-order valence-electron chi connectivity index (χ2n) is 15.5. The minimum atomic E-state index is -1.21. The van der Waals surface area contributed by atoms with Gasteiger partial charge in [-0.05, 0) is 74.5 Å². The molecule has 1 fully saturated rings. The Morgan fingerprint density at radius 1 is 0.864 bits per heavy atom. The number of carboxylic acid groups (broad SMARTS) is 1. The summed E-state index contributed by atoms with van der Waals surface area (Å²) in [6.45, 7) is 7.87. The summed E-state index contributed by atoms with van der Waals surface area (Å²) in [5.41, 5.74) is 28.4. The highest BCUT2D eigenvalue weighted by atomic mass is 16.4. The number of carbonyl (C=O) groups excluding carboxylic acids is 5.